The van der Waals surface area contributed by atoms with Crippen molar-refractivity contribution in [3.05, 3.63) is 12.1 Å². The van der Waals surface area contributed by atoms with Crippen molar-refractivity contribution in [3.63, 3.8) is 0 Å². The highest BCUT2D eigenvalue weighted by Crippen LogP contribution is 2.20. The molecule has 53 heavy (non-hydrogen) atoms. The lowest BCUT2D eigenvalue weighted by Crippen LogP contribution is -2.37. The van der Waals surface area contributed by atoms with Crippen LogP contribution in [0.4, 0.5) is 4.79 Å². The predicted octanol–water partition coefficient (Wildman–Crippen LogP) is 13.8. The van der Waals surface area contributed by atoms with E-state index in [-0.39, 0.29) is 0 Å². The van der Waals surface area contributed by atoms with E-state index in [1.807, 2.05) is 0 Å². The van der Waals surface area contributed by atoms with Crippen molar-refractivity contribution in [2.24, 2.45) is 0 Å². The van der Waals surface area contributed by atoms with Crippen LogP contribution >= 0.6 is 0 Å². The molecule has 0 fully saturated rings. The van der Waals surface area contributed by atoms with Crippen LogP contribution in [0.1, 0.15) is 226 Å². The minimum atomic E-state index is -1.03. The first-order valence-corrected chi connectivity index (χ1v) is 22.7. The average Bonchev–Trinajstić information content (AvgIpc) is 3.46. The molecule has 1 aromatic rings. The molecule has 1 rings (SSSR count). The third-order valence-electron chi connectivity index (χ3n) is 10.5. The Morgan fingerprint density at radius 3 is 1.21 bits per heavy atom. The van der Waals surface area contributed by atoms with Crippen molar-refractivity contribution in [1.82, 2.24) is 4.73 Å². The van der Waals surface area contributed by atoms with Crippen LogP contribution in [-0.2, 0) is 14.2 Å². The number of carbonyl (C=O) groups excluding carboxylic acids is 1. The van der Waals surface area contributed by atoms with Gasteiger partial charge in [0.2, 0.25) is 11.8 Å². The zero-order valence-corrected chi connectivity index (χ0v) is 34.9. The summed E-state index contributed by atoms with van der Waals surface area (Å²) in [6, 6.07) is 2.45. The number of aromatic nitrogens is 1. The standard InChI is InChI=1S/C45H85NO7/c1-4-6-8-10-12-14-16-18-20-22-24-26-28-30-32-34-38-50-40-42(41(3)52-45(49)53-46-43(47)36-37-44(46)48)51-39-35-33-31-29-27-25-23-21-19-17-15-13-11-9-7-5-2/h36-37,41-42,47-48H,4-35,38-40H2,1-3H3/t41-,42+/m0/s1. The van der Waals surface area contributed by atoms with Gasteiger partial charge in [-0.25, -0.2) is 4.79 Å². The topological polar surface area (TPSA) is 99.4 Å². The second-order valence-electron chi connectivity index (χ2n) is 15.6. The van der Waals surface area contributed by atoms with Crippen LogP contribution in [0.2, 0.25) is 0 Å². The fourth-order valence-corrected chi connectivity index (χ4v) is 6.97. The van der Waals surface area contributed by atoms with E-state index in [9.17, 15) is 15.0 Å². The zero-order valence-electron chi connectivity index (χ0n) is 34.9. The highest BCUT2D eigenvalue weighted by atomic mass is 16.8. The highest BCUT2D eigenvalue weighted by molar-refractivity contribution is 5.61. The maximum atomic E-state index is 12.4. The minimum absolute atomic E-state index is 0.325. The van der Waals surface area contributed by atoms with Crippen LogP contribution in [0.15, 0.2) is 12.1 Å². The highest BCUT2D eigenvalue weighted by Gasteiger charge is 2.24. The molecule has 0 radical (unpaired) electrons. The van der Waals surface area contributed by atoms with Crippen molar-refractivity contribution in [1.29, 1.82) is 0 Å². The van der Waals surface area contributed by atoms with E-state index in [4.69, 9.17) is 19.0 Å². The number of ether oxygens (including phenoxy) is 3. The van der Waals surface area contributed by atoms with Crippen LogP contribution < -0.4 is 4.84 Å². The Balaban J connectivity index is 2.18. The lowest BCUT2D eigenvalue weighted by Gasteiger charge is -2.24. The van der Waals surface area contributed by atoms with E-state index in [0.717, 1.165) is 25.7 Å². The van der Waals surface area contributed by atoms with Gasteiger partial charge in [-0.2, -0.15) is 0 Å². The van der Waals surface area contributed by atoms with E-state index in [1.54, 1.807) is 6.92 Å². The van der Waals surface area contributed by atoms with E-state index >= 15 is 0 Å². The first kappa shape index (κ1) is 49.1. The molecular weight excluding hydrogens is 666 g/mol. The molecule has 312 valence electrons. The fraction of sp³-hybridized carbons (Fsp3) is 0.889. The lowest BCUT2D eigenvalue weighted by molar-refractivity contribution is -0.0906. The van der Waals surface area contributed by atoms with Crippen molar-refractivity contribution >= 4 is 6.16 Å². The second kappa shape index (κ2) is 37.0. The lowest BCUT2D eigenvalue weighted by atomic mass is 10.0. The molecular formula is C45H85NO7. The van der Waals surface area contributed by atoms with Gasteiger partial charge in [0.15, 0.2) is 0 Å². The number of aromatic hydroxyl groups is 2. The number of hydrogen-bond acceptors (Lipinski definition) is 7. The first-order valence-electron chi connectivity index (χ1n) is 22.7. The van der Waals surface area contributed by atoms with Gasteiger partial charge in [-0.3, -0.25) is 4.84 Å². The van der Waals surface area contributed by atoms with Crippen LogP contribution in [0.5, 0.6) is 11.8 Å². The molecule has 0 unspecified atom stereocenters. The first-order chi connectivity index (χ1) is 26.0. The van der Waals surface area contributed by atoms with Gasteiger partial charge >= 0.3 is 6.16 Å². The Labute approximate surface area is 326 Å². The zero-order chi connectivity index (χ0) is 38.5. The third kappa shape index (κ3) is 30.0. The normalized spacial score (nSPS) is 12.7. The van der Waals surface area contributed by atoms with Gasteiger partial charge in [0.05, 0.1) is 6.61 Å². The van der Waals surface area contributed by atoms with Crippen LogP contribution in [-0.4, -0.2) is 53.1 Å². The number of hydrogen-bond donors (Lipinski definition) is 2. The molecule has 0 aliphatic heterocycles. The van der Waals surface area contributed by atoms with Crippen molar-refractivity contribution in [2.45, 2.75) is 238 Å². The maximum Gasteiger partial charge on any atom is 0.534 e. The predicted molar refractivity (Wildman–Crippen MR) is 220 cm³/mol. The number of rotatable bonds is 40. The van der Waals surface area contributed by atoms with E-state index in [2.05, 4.69) is 13.8 Å². The summed E-state index contributed by atoms with van der Waals surface area (Å²) in [5, 5.41) is 19.6. The van der Waals surface area contributed by atoms with E-state index < -0.39 is 30.1 Å². The summed E-state index contributed by atoms with van der Waals surface area (Å²) in [7, 11) is 0. The quantitative estimate of drug-likeness (QED) is 0.0509. The molecule has 2 atom stereocenters. The maximum absolute atomic E-state index is 12.4. The molecule has 1 aromatic heterocycles. The van der Waals surface area contributed by atoms with Gasteiger partial charge in [-0.05, 0) is 19.8 Å². The van der Waals surface area contributed by atoms with Gasteiger partial charge in [-0.15, -0.1) is 4.73 Å². The number of unbranched alkanes of at least 4 members (excludes halogenated alkanes) is 30. The SMILES string of the molecule is CCCCCCCCCCCCCCCCCCOC[C@@H](OCCCCCCCCCCCCCCCCCC)[C@H](C)OC(=O)On1c(O)ccc1O. The molecule has 0 aromatic carbocycles. The number of carbonyl (C=O) groups is 1. The van der Waals surface area contributed by atoms with Gasteiger partial charge < -0.3 is 24.4 Å². The summed E-state index contributed by atoms with van der Waals surface area (Å²) >= 11 is 0. The van der Waals surface area contributed by atoms with Crippen LogP contribution in [0.3, 0.4) is 0 Å². The Hall–Kier alpha value is -1.93. The molecule has 0 saturated heterocycles. The molecule has 1 heterocycles. The summed E-state index contributed by atoms with van der Waals surface area (Å²) in [6.07, 6.45) is 40.4. The van der Waals surface area contributed by atoms with Crippen LogP contribution in [0, 0.1) is 0 Å². The minimum Gasteiger partial charge on any atom is -0.492 e. The molecule has 0 aliphatic rings. The van der Waals surface area contributed by atoms with Crippen molar-refractivity contribution in [2.75, 3.05) is 19.8 Å². The Kier molecular flexibility index (Phi) is 34.3. The molecule has 0 bridgehead atoms. The number of nitrogens with zero attached hydrogens (tertiary/aromatic N) is 1. The van der Waals surface area contributed by atoms with Crippen molar-refractivity contribution in [3.8, 4) is 11.8 Å². The summed E-state index contributed by atoms with van der Waals surface area (Å²) in [5.74, 6) is -0.795. The smallest absolute Gasteiger partial charge is 0.492 e. The summed E-state index contributed by atoms with van der Waals surface area (Å²) < 4.78 is 18.3. The second-order valence-corrected chi connectivity index (χ2v) is 15.6. The molecule has 0 spiro atoms. The monoisotopic (exact) mass is 752 g/mol. The Bertz CT molecular complexity index is 903. The van der Waals surface area contributed by atoms with Gasteiger partial charge in [0, 0.05) is 25.3 Å². The summed E-state index contributed by atoms with van der Waals surface area (Å²) in [4.78, 5) is 17.4. The molecule has 8 nitrogen and oxygen atoms in total. The Morgan fingerprint density at radius 1 is 0.528 bits per heavy atom. The van der Waals surface area contributed by atoms with Gasteiger partial charge in [0.25, 0.3) is 0 Å². The van der Waals surface area contributed by atoms with E-state index in [0.29, 0.717) is 24.6 Å². The van der Waals surface area contributed by atoms with E-state index in [1.165, 1.54) is 192 Å². The fourth-order valence-electron chi connectivity index (χ4n) is 6.97. The molecule has 2 N–H and O–H groups in total. The average molecular weight is 752 g/mol. The molecule has 0 saturated carbocycles. The van der Waals surface area contributed by atoms with Crippen LogP contribution in [0.25, 0.3) is 0 Å². The molecule has 0 amide bonds. The largest absolute Gasteiger partial charge is 0.534 e. The van der Waals surface area contributed by atoms with Gasteiger partial charge in [-0.1, -0.05) is 206 Å². The Morgan fingerprint density at radius 2 is 0.849 bits per heavy atom. The molecule has 8 heteroatoms. The molecule has 0 aliphatic carbocycles. The summed E-state index contributed by atoms with van der Waals surface area (Å²) in [5.41, 5.74) is 0. The van der Waals surface area contributed by atoms with Crippen molar-refractivity contribution < 1.29 is 34.1 Å². The summed E-state index contributed by atoms with van der Waals surface area (Å²) in [6.45, 7) is 7.87. The third-order valence-corrected chi connectivity index (χ3v) is 10.5. The van der Waals surface area contributed by atoms with Gasteiger partial charge in [0.1, 0.15) is 12.2 Å².